The molecule has 33 heavy (non-hydrogen) atoms. The molecule has 3 aromatic carbocycles. The molecule has 0 saturated heterocycles. The molecule has 0 radical (unpaired) electrons. The molecule has 1 aliphatic rings. The Hall–Kier alpha value is -4.00. The number of nitrogens with one attached hydrogen (secondary N) is 1. The van der Waals surface area contributed by atoms with E-state index in [0.717, 1.165) is 22.4 Å². The molecule has 4 rings (SSSR count). The van der Waals surface area contributed by atoms with Gasteiger partial charge in [-0.3, -0.25) is 10.1 Å². The molecular weight excluding hydrogens is 420 g/mol. The van der Waals surface area contributed by atoms with Crippen LogP contribution in [0.1, 0.15) is 23.6 Å². The summed E-state index contributed by atoms with van der Waals surface area (Å²) in [6.45, 7) is 2.64. The van der Waals surface area contributed by atoms with E-state index in [4.69, 9.17) is 14.2 Å². The molecule has 3 aromatic rings. The first-order valence-corrected chi connectivity index (χ1v) is 10.7. The van der Waals surface area contributed by atoms with Crippen molar-refractivity contribution in [3.05, 3.63) is 89.5 Å². The molecule has 1 aliphatic heterocycles. The highest BCUT2D eigenvalue weighted by molar-refractivity contribution is 5.85. The molecule has 2 amide bonds. The van der Waals surface area contributed by atoms with Gasteiger partial charge in [0.15, 0.2) is 6.10 Å². The van der Waals surface area contributed by atoms with Crippen molar-refractivity contribution in [3.8, 4) is 11.5 Å². The number of carbonyl (C=O) groups is 2. The summed E-state index contributed by atoms with van der Waals surface area (Å²) in [5.74, 6) is 1.22. The van der Waals surface area contributed by atoms with Crippen LogP contribution in [0, 0.1) is 0 Å². The van der Waals surface area contributed by atoms with Crippen LogP contribution in [0.2, 0.25) is 0 Å². The van der Waals surface area contributed by atoms with Crippen LogP contribution in [0.5, 0.6) is 11.5 Å². The molecule has 0 bridgehead atoms. The average molecular weight is 447 g/mol. The third kappa shape index (κ3) is 5.44. The zero-order valence-electron chi connectivity index (χ0n) is 18.6. The number of para-hydroxylation sites is 1. The second-order valence-electron chi connectivity index (χ2n) is 7.78. The number of nitrogens with zero attached hydrogens (tertiary/aromatic N) is 1. The maximum Gasteiger partial charge on any atom is 0.411 e. The molecule has 7 nitrogen and oxygen atoms in total. The van der Waals surface area contributed by atoms with Crippen molar-refractivity contribution in [3.63, 3.8) is 0 Å². The van der Waals surface area contributed by atoms with E-state index in [1.807, 2.05) is 54.6 Å². The number of carbonyl (C=O) groups excluding carboxylic acids is 2. The highest BCUT2D eigenvalue weighted by Crippen LogP contribution is 2.30. The summed E-state index contributed by atoms with van der Waals surface area (Å²) in [4.78, 5) is 27.0. The predicted octanol–water partition coefficient (Wildman–Crippen LogP) is 4.75. The first-order chi connectivity index (χ1) is 16.0. The van der Waals surface area contributed by atoms with Gasteiger partial charge in [0.1, 0.15) is 18.1 Å². The number of rotatable bonds is 6. The lowest BCUT2D eigenvalue weighted by Gasteiger charge is -2.23. The zero-order valence-corrected chi connectivity index (χ0v) is 18.6. The SMILES string of the molecule is COc1ccccc1CN1Cc2cc(NC(=O)OCc3ccccc3)ccc2O[C@H](C)C1=O. The van der Waals surface area contributed by atoms with Crippen LogP contribution >= 0.6 is 0 Å². The smallest absolute Gasteiger partial charge is 0.411 e. The van der Waals surface area contributed by atoms with Gasteiger partial charge in [-0.15, -0.1) is 0 Å². The Labute approximate surface area is 192 Å². The molecule has 0 unspecified atom stereocenters. The number of benzene rings is 3. The van der Waals surface area contributed by atoms with Crippen molar-refractivity contribution in [1.82, 2.24) is 4.90 Å². The Morgan fingerprint density at radius 2 is 1.85 bits per heavy atom. The summed E-state index contributed by atoms with van der Waals surface area (Å²) >= 11 is 0. The van der Waals surface area contributed by atoms with E-state index < -0.39 is 12.2 Å². The zero-order chi connectivity index (χ0) is 23.2. The van der Waals surface area contributed by atoms with Gasteiger partial charge in [-0.05, 0) is 36.8 Å². The van der Waals surface area contributed by atoms with Gasteiger partial charge in [0, 0.05) is 29.9 Å². The number of methoxy groups -OCH3 is 1. The Kier molecular flexibility index (Phi) is 6.78. The molecule has 0 fully saturated rings. The van der Waals surface area contributed by atoms with Gasteiger partial charge in [-0.25, -0.2) is 4.79 Å². The summed E-state index contributed by atoms with van der Waals surface area (Å²) in [5, 5.41) is 2.75. The number of anilines is 1. The lowest BCUT2D eigenvalue weighted by Crippen LogP contribution is -2.37. The molecule has 170 valence electrons. The third-order valence-corrected chi connectivity index (χ3v) is 5.40. The monoisotopic (exact) mass is 446 g/mol. The molecule has 1 atom stereocenters. The van der Waals surface area contributed by atoms with E-state index in [-0.39, 0.29) is 12.5 Å². The van der Waals surface area contributed by atoms with Crippen molar-refractivity contribution in [1.29, 1.82) is 0 Å². The summed E-state index contributed by atoms with van der Waals surface area (Å²) in [6.07, 6.45) is -1.18. The van der Waals surface area contributed by atoms with E-state index in [0.29, 0.717) is 24.5 Å². The minimum absolute atomic E-state index is 0.117. The number of fused-ring (bicyclic) bond motifs is 1. The molecule has 0 spiro atoms. The van der Waals surface area contributed by atoms with E-state index in [2.05, 4.69) is 5.32 Å². The fourth-order valence-electron chi connectivity index (χ4n) is 3.73. The van der Waals surface area contributed by atoms with Gasteiger partial charge < -0.3 is 19.1 Å². The Balaban J connectivity index is 1.48. The molecule has 7 heteroatoms. The first kappa shape index (κ1) is 22.2. The quantitative estimate of drug-likeness (QED) is 0.591. The minimum atomic E-state index is -0.629. The maximum absolute atomic E-state index is 13.0. The topological polar surface area (TPSA) is 77.1 Å². The van der Waals surface area contributed by atoms with Gasteiger partial charge in [0.25, 0.3) is 5.91 Å². The largest absolute Gasteiger partial charge is 0.496 e. The van der Waals surface area contributed by atoms with Crippen LogP contribution in [0.4, 0.5) is 10.5 Å². The standard InChI is InChI=1S/C26H26N2O5/c1-18-25(29)28(15-20-10-6-7-11-23(20)31-2)16-21-14-22(12-13-24(21)33-18)27-26(30)32-17-19-8-4-3-5-9-19/h3-14,18H,15-17H2,1-2H3,(H,27,30)/t18-/m1/s1. The highest BCUT2D eigenvalue weighted by atomic mass is 16.5. The first-order valence-electron chi connectivity index (χ1n) is 10.7. The number of hydrogen-bond donors (Lipinski definition) is 1. The van der Waals surface area contributed by atoms with Crippen LogP contribution in [-0.4, -0.2) is 30.1 Å². The van der Waals surface area contributed by atoms with Crippen LogP contribution in [-0.2, 0) is 29.2 Å². The third-order valence-electron chi connectivity index (χ3n) is 5.40. The van der Waals surface area contributed by atoms with E-state index in [9.17, 15) is 9.59 Å². The Morgan fingerprint density at radius 3 is 2.64 bits per heavy atom. The van der Waals surface area contributed by atoms with Gasteiger partial charge >= 0.3 is 6.09 Å². The Morgan fingerprint density at radius 1 is 1.09 bits per heavy atom. The van der Waals surface area contributed by atoms with Crippen molar-refractivity contribution in [2.75, 3.05) is 12.4 Å². The normalized spacial score (nSPS) is 15.2. The molecule has 1 N–H and O–H groups in total. The summed E-state index contributed by atoms with van der Waals surface area (Å²) in [5.41, 5.74) is 3.17. The molecule has 0 aromatic heterocycles. The Bertz CT molecular complexity index is 1130. The molecule has 1 heterocycles. The van der Waals surface area contributed by atoms with Gasteiger partial charge in [-0.2, -0.15) is 0 Å². The fourth-order valence-corrected chi connectivity index (χ4v) is 3.73. The molecule has 0 saturated carbocycles. The van der Waals surface area contributed by atoms with Crippen LogP contribution in [0.25, 0.3) is 0 Å². The van der Waals surface area contributed by atoms with Crippen molar-refractivity contribution in [2.45, 2.75) is 32.7 Å². The van der Waals surface area contributed by atoms with Crippen LogP contribution in [0.3, 0.4) is 0 Å². The second-order valence-corrected chi connectivity index (χ2v) is 7.78. The van der Waals surface area contributed by atoms with Crippen molar-refractivity contribution >= 4 is 17.7 Å². The highest BCUT2D eigenvalue weighted by Gasteiger charge is 2.28. The number of amides is 2. The van der Waals surface area contributed by atoms with E-state index in [1.165, 1.54) is 0 Å². The molecule has 0 aliphatic carbocycles. The second kappa shape index (κ2) is 10.1. The van der Waals surface area contributed by atoms with Crippen molar-refractivity contribution in [2.24, 2.45) is 0 Å². The predicted molar refractivity (Wildman–Crippen MR) is 124 cm³/mol. The van der Waals surface area contributed by atoms with Gasteiger partial charge in [0.2, 0.25) is 0 Å². The summed E-state index contributed by atoms with van der Waals surface area (Å²) in [7, 11) is 1.61. The maximum atomic E-state index is 13.0. The van der Waals surface area contributed by atoms with Crippen LogP contribution < -0.4 is 14.8 Å². The fraction of sp³-hybridized carbons (Fsp3) is 0.231. The minimum Gasteiger partial charge on any atom is -0.496 e. The lowest BCUT2D eigenvalue weighted by atomic mass is 10.1. The number of ether oxygens (including phenoxy) is 3. The lowest BCUT2D eigenvalue weighted by molar-refractivity contribution is -0.138. The van der Waals surface area contributed by atoms with E-state index >= 15 is 0 Å². The van der Waals surface area contributed by atoms with Gasteiger partial charge in [0.05, 0.1) is 7.11 Å². The summed E-state index contributed by atoms with van der Waals surface area (Å²) in [6, 6.07) is 22.4. The van der Waals surface area contributed by atoms with Gasteiger partial charge in [-0.1, -0.05) is 48.5 Å². The van der Waals surface area contributed by atoms with Crippen molar-refractivity contribution < 1.29 is 23.8 Å². The summed E-state index contributed by atoms with van der Waals surface area (Å²) < 4.78 is 16.6. The molecular formula is C26H26N2O5. The average Bonchev–Trinajstić information content (AvgIpc) is 2.95. The number of hydrogen-bond acceptors (Lipinski definition) is 5. The van der Waals surface area contributed by atoms with E-state index in [1.54, 1.807) is 37.1 Å². The van der Waals surface area contributed by atoms with Crippen LogP contribution in [0.15, 0.2) is 72.8 Å².